The molecule has 0 saturated heterocycles. The number of nitrogen functional groups attached to an aromatic ring is 1. The van der Waals surface area contributed by atoms with Crippen LogP contribution in [0.1, 0.15) is 31.2 Å². The minimum absolute atomic E-state index is 0.118. The predicted molar refractivity (Wildman–Crippen MR) is 106 cm³/mol. The molecule has 0 radical (unpaired) electrons. The normalized spacial score (nSPS) is 17.2. The number of benzene rings is 2. The summed E-state index contributed by atoms with van der Waals surface area (Å²) in [5, 5.41) is 7.88. The maximum Gasteiger partial charge on any atom is 0.126 e. The lowest BCUT2D eigenvalue weighted by Gasteiger charge is -2.24. The minimum atomic E-state index is -0.118. The van der Waals surface area contributed by atoms with E-state index in [2.05, 4.69) is 16.3 Å². The van der Waals surface area contributed by atoms with Crippen LogP contribution in [0.2, 0.25) is 0 Å². The lowest BCUT2D eigenvalue weighted by molar-refractivity contribution is 0.222. The first-order valence-electron chi connectivity index (χ1n) is 9.47. The zero-order valence-corrected chi connectivity index (χ0v) is 15.2. The molecule has 1 aliphatic carbocycles. The lowest BCUT2D eigenvalue weighted by Crippen LogP contribution is -2.16. The summed E-state index contributed by atoms with van der Waals surface area (Å²) in [6.07, 6.45) is 7.23. The van der Waals surface area contributed by atoms with Crippen LogP contribution in [-0.4, -0.2) is 16.8 Å². The smallest absolute Gasteiger partial charge is 0.126 e. The molecular formula is C22H24FN3O. The topological polar surface area (TPSA) is 63.9 Å². The van der Waals surface area contributed by atoms with Gasteiger partial charge in [-0.3, -0.25) is 5.10 Å². The molecule has 4 rings (SSSR count). The molecule has 1 fully saturated rings. The second-order valence-electron chi connectivity index (χ2n) is 7.23. The molecule has 27 heavy (non-hydrogen) atoms. The summed E-state index contributed by atoms with van der Waals surface area (Å²) in [5.41, 5.74) is 8.84. The van der Waals surface area contributed by atoms with Gasteiger partial charge >= 0.3 is 0 Å². The van der Waals surface area contributed by atoms with E-state index in [-0.39, 0.29) is 5.82 Å². The van der Waals surface area contributed by atoms with Crippen molar-refractivity contribution in [1.29, 1.82) is 0 Å². The van der Waals surface area contributed by atoms with Crippen molar-refractivity contribution in [3.8, 4) is 5.75 Å². The highest BCUT2D eigenvalue weighted by atomic mass is 19.1. The molecule has 3 N–H and O–H groups in total. The van der Waals surface area contributed by atoms with Gasteiger partial charge in [-0.1, -0.05) is 29.8 Å². The van der Waals surface area contributed by atoms with E-state index in [0.29, 0.717) is 24.8 Å². The van der Waals surface area contributed by atoms with E-state index in [4.69, 9.17) is 10.5 Å². The van der Waals surface area contributed by atoms with Gasteiger partial charge in [-0.05, 0) is 61.8 Å². The van der Waals surface area contributed by atoms with Gasteiger partial charge in [0.05, 0.1) is 12.1 Å². The average molecular weight is 365 g/mol. The number of ether oxygens (including phenoxy) is 1. The van der Waals surface area contributed by atoms with Gasteiger partial charge in [0, 0.05) is 11.5 Å². The van der Waals surface area contributed by atoms with Crippen LogP contribution < -0.4 is 10.5 Å². The van der Waals surface area contributed by atoms with Crippen LogP contribution in [0.4, 0.5) is 10.2 Å². The summed E-state index contributed by atoms with van der Waals surface area (Å²) in [5.74, 6) is 1.84. The maximum atomic E-state index is 13.7. The average Bonchev–Trinajstić information content (AvgIpc) is 3.07. The third kappa shape index (κ3) is 4.13. The number of fused-ring (bicyclic) bond motifs is 1. The molecule has 0 atom stereocenters. The van der Waals surface area contributed by atoms with Crippen molar-refractivity contribution in [2.24, 2.45) is 5.92 Å². The van der Waals surface area contributed by atoms with Gasteiger partial charge in [0.1, 0.15) is 17.4 Å². The van der Waals surface area contributed by atoms with E-state index in [9.17, 15) is 4.39 Å². The molecule has 1 heterocycles. The highest BCUT2D eigenvalue weighted by Gasteiger charge is 2.17. The fourth-order valence-electron chi connectivity index (χ4n) is 3.65. The summed E-state index contributed by atoms with van der Waals surface area (Å²) in [6, 6.07) is 12.8. The number of halogens is 1. The van der Waals surface area contributed by atoms with Crippen LogP contribution in [0.3, 0.4) is 0 Å². The monoisotopic (exact) mass is 365 g/mol. The lowest BCUT2D eigenvalue weighted by atomic mass is 9.85. The van der Waals surface area contributed by atoms with Crippen molar-refractivity contribution in [2.75, 3.05) is 12.3 Å². The minimum Gasteiger partial charge on any atom is -0.493 e. The summed E-state index contributed by atoms with van der Waals surface area (Å²) in [4.78, 5) is 0. The molecule has 140 valence electrons. The van der Waals surface area contributed by atoms with Gasteiger partial charge in [-0.2, -0.15) is 5.10 Å². The van der Waals surface area contributed by atoms with Gasteiger partial charge in [0.15, 0.2) is 0 Å². The number of hydrogen-bond donors (Lipinski definition) is 2. The van der Waals surface area contributed by atoms with E-state index in [1.807, 2.05) is 30.3 Å². The van der Waals surface area contributed by atoms with E-state index in [0.717, 1.165) is 47.9 Å². The number of allylic oxidation sites excluding steroid dienone is 2. The Morgan fingerprint density at radius 1 is 1.19 bits per heavy atom. The molecule has 5 heteroatoms. The molecule has 0 unspecified atom stereocenters. The Morgan fingerprint density at radius 2 is 2.00 bits per heavy atom. The van der Waals surface area contributed by atoms with Crippen molar-refractivity contribution < 1.29 is 9.13 Å². The van der Waals surface area contributed by atoms with Crippen molar-refractivity contribution in [3.05, 3.63) is 65.5 Å². The number of rotatable bonds is 5. The Bertz CT molecular complexity index is 953. The fourth-order valence-corrected chi connectivity index (χ4v) is 3.65. The molecule has 1 saturated carbocycles. The van der Waals surface area contributed by atoms with E-state index in [1.165, 1.54) is 11.6 Å². The Labute approximate surface area is 158 Å². The Kier molecular flexibility index (Phi) is 5.10. The third-order valence-electron chi connectivity index (χ3n) is 5.36. The Hall–Kier alpha value is -2.82. The van der Waals surface area contributed by atoms with Crippen LogP contribution in [0.15, 0.2) is 54.1 Å². The highest BCUT2D eigenvalue weighted by molar-refractivity contribution is 5.89. The van der Waals surface area contributed by atoms with Gasteiger partial charge in [0.25, 0.3) is 0 Å². The first-order chi connectivity index (χ1) is 13.2. The zero-order valence-electron chi connectivity index (χ0n) is 15.2. The molecule has 0 bridgehead atoms. The van der Waals surface area contributed by atoms with Crippen LogP contribution in [0.25, 0.3) is 10.9 Å². The first-order valence-corrected chi connectivity index (χ1v) is 9.47. The van der Waals surface area contributed by atoms with Crippen molar-refractivity contribution in [2.45, 2.75) is 32.1 Å². The summed E-state index contributed by atoms with van der Waals surface area (Å²) >= 11 is 0. The number of H-pyrrole nitrogens is 1. The number of aromatic amines is 1. The molecule has 1 aromatic heterocycles. The molecular weight excluding hydrogens is 341 g/mol. The van der Waals surface area contributed by atoms with Gasteiger partial charge < -0.3 is 10.5 Å². The number of hydrogen-bond acceptors (Lipinski definition) is 3. The number of nitrogens with one attached hydrogen (secondary N) is 1. The fraction of sp³-hybridized carbons (Fsp3) is 0.318. The van der Waals surface area contributed by atoms with Crippen LogP contribution in [-0.2, 0) is 6.42 Å². The van der Waals surface area contributed by atoms with Crippen molar-refractivity contribution in [3.63, 3.8) is 0 Å². The Balaban J connectivity index is 1.27. The summed E-state index contributed by atoms with van der Waals surface area (Å²) in [6.45, 7) is 0.714. The number of nitrogens with zero attached hydrogens (tertiary/aromatic N) is 1. The maximum absolute atomic E-state index is 13.7. The van der Waals surface area contributed by atoms with Gasteiger partial charge in [-0.25, -0.2) is 4.39 Å². The molecule has 4 nitrogen and oxygen atoms in total. The third-order valence-corrected chi connectivity index (χ3v) is 5.36. The Morgan fingerprint density at radius 3 is 2.81 bits per heavy atom. The second-order valence-corrected chi connectivity index (χ2v) is 7.23. The molecule has 2 aromatic carbocycles. The highest BCUT2D eigenvalue weighted by Crippen LogP contribution is 2.30. The van der Waals surface area contributed by atoms with Crippen LogP contribution in [0.5, 0.6) is 5.75 Å². The van der Waals surface area contributed by atoms with Crippen molar-refractivity contribution in [1.82, 2.24) is 10.2 Å². The molecule has 0 spiro atoms. The van der Waals surface area contributed by atoms with Gasteiger partial charge in [-0.15, -0.1) is 0 Å². The van der Waals surface area contributed by atoms with Crippen LogP contribution in [0, 0.1) is 11.7 Å². The van der Waals surface area contributed by atoms with E-state index in [1.54, 1.807) is 6.07 Å². The molecule has 0 amide bonds. The molecule has 3 aromatic rings. The quantitative estimate of drug-likeness (QED) is 0.624. The van der Waals surface area contributed by atoms with E-state index < -0.39 is 0 Å². The standard InChI is InChI=1S/C22H24FN3O/c23-20-4-2-1-3-17(20)10-9-15-5-7-16(8-6-15)14-27-18-11-12-19-21(13-18)25-26-22(19)24/h1-4,9,11-13,16H,5-8,10,14H2,(H3,24,25,26). The summed E-state index contributed by atoms with van der Waals surface area (Å²) in [7, 11) is 0. The van der Waals surface area contributed by atoms with Crippen LogP contribution >= 0.6 is 0 Å². The van der Waals surface area contributed by atoms with Crippen molar-refractivity contribution >= 4 is 16.7 Å². The predicted octanol–water partition coefficient (Wildman–Crippen LogP) is 5.02. The first kappa shape index (κ1) is 17.6. The van der Waals surface area contributed by atoms with E-state index >= 15 is 0 Å². The SMILES string of the molecule is Nc1[nH]nc2cc(OCC3CCC(=CCc4ccccc4F)CC3)ccc12. The zero-order chi connectivity index (χ0) is 18.6. The number of nitrogens with two attached hydrogens (primary N) is 1. The second kappa shape index (κ2) is 7.82. The number of aromatic nitrogens is 2. The summed E-state index contributed by atoms with van der Waals surface area (Å²) < 4.78 is 19.7. The largest absolute Gasteiger partial charge is 0.493 e. The molecule has 1 aliphatic rings. The molecule has 0 aliphatic heterocycles. The van der Waals surface area contributed by atoms with Gasteiger partial charge in [0.2, 0.25) is 0 Å². The number of anilines is 1.